The van der Waals surface area contributed by atoms with Crippen molar-refractivity contribution in [3.8, 4) is 0 Å². The molecule has 0 radical (unpaired) electrons. The summed E-state index contributed by atoms with van der Waals surface area (Å²) in [6, 6.07) is 0. The van der Waals surface area contributed by atoms with Crippen molar-refractivity contribution in [1.82, 2.24) is 4.90 Å². The van der Waals surface area contributed by atoms with Crippen LogP contribution in [-0.2, 0) is 0 Å². The SMILES string of the molecule is CCCN(CCCC(C)C)CC(N)=NO. The molecule has 0 amide bonds. The average Bonchev–Trinajstić information content (AvgIpc) is 2.17. The number of hydrogen-bond donors (Lipinski definition) is 2. The second-order valence-electron chi connectivity index (χ2n) is 4.40. The first-order valence-electron chi connectivity index (χ1n) is 5.78. The summed E-state index contributed by atoms with van der Waals surface area (Å²) in [5.74, 6) is 1.05. The van der Waals surface area contributed by atoms with Crippen molar-refractivity contribution in [2.75, 3.05) is 19.6 Å². The molecular formula is C11H25N3O. The van der Waals surface area contributed by atoms with E-state index >= 15 is 0 Å². The topological polar surface area (TPSA) is 61.8 Å². The highest BCUT2D eigenvalue weighted by Gasteiger charge is 2.06. The first-order chi connectivity index (χ1) is 7.10. The van der Waals surface area contributed by atoms with Crippen LogP contribution in [0, 0.1) is 5.92 Å². The van der Waals surface area contributed by atoms with E-state index in [1.54, 1.807) is 0 Å². The molecule has 0 saturated heterocycles. The average molecular weight is 215 g/mol. The van der Waals surface area contributed by atoms with E-state index in [0.717, 1.165) is 25.4 Å². The van der Waals surface area contributed by atoms with Gasteiger partial charge in [0.2, 0.25) is 0 Å². The van der Waals surface area contributed by atoms with E-state index in [2.05, 4.69) is 30.8 Å². The number of oxime groups is 1. The van der Waals surface area contributed by atoms with Gasteiger partial charge in [0.05, 0.1) is 6.54 Å². The Bertz CT molecular complexity index is 181. The maximum absolute atomic E-state index is 8.50. The molecule has 0 rings (SSSR count). The van der Waals surface area contributed by atoms with Gasteiger partial charge in [0.15, 0.2) is 5.84 Å². The van der Waals surface area contributed by atoms with Crippen molar-refractivity contribution in [3.63, 3.8) is 0 Å². The number of amidine groups is 1. The predicted octanol–water partition coefficient (Wildman–Crippen LogP) is 1.88. The van der Waals surface area contributed by atoms with Gasteiger partial charge in [-0.1, -0.05) is 25.9 Å². The van der Waals surface area contributed by atoms with Crippen LogP contribution in [0.15, 0.2) is 5.16 Å². The zero-order valence-corrected chi connectivity index (χ0v) is 10.2. The van der Waals surface area contributed by atoms with Crippen LogP contribution in [0.1, 0.15) is 40.0 Å². The third-order valence-electron chi connectivity index (χ3n) is 2.31. The highest BCUT2D eigenvalue weighted by atomic mass is 16.4. The number of rotatable bonds is 8. The van der Waals surface area contributed by atoms with E-state index in [1.807, 2.05) is 0 Å². The van der Waals surface area contributed by atoms with Crippen molar-refractivity contribution in [3.05, 3.63) is 0 Å². The Balaban J connectivity index is 3.82. The highest BCUT2D eigenvalue weighted by Crippen LogP contribution is 2.05. The third kappa shape index (κ3) is 8.24. The Kier molecular flexibility index (Phi) is 8.09. The normalized spacial score (nSPS) is 12.7. The van der Waals surface area contributed by atoms with Gasteiger partial charge in [0.1, 0.15) is 0 Å². The predicted molar refractivity (Wildman–Crippen MR) is 64.2 cm³/mol. The van der Waals surface area contributed by atoms with Gasteiger partial charge in [-0.2, -0.15) is 0 Å². The molecule has 0 unspecified atom stereocenters. The highest BCUT2D eigenvalue weighted by molar-refractivity contribution is 5.81. The standard InChI is InChI=1S/C11H25N3O/c1-4-7-14(9-11(12)13-15)8-5-6-10(2)3/h10,15H,4-9H2,1-3H3,(H2,12,13). The van der Waals surface area contributed by atoms with Gasteiger partial charge >= 0.3 is 0 Å². The molecule has 0 aliphatic carbocycles. The van der Waals surface area contributed by atoms with Gasteiger partial charge in [0.25, 0.3) is 0 Å². The molecule has 0 saturated carbocycles. The zero-order chi connectivity index (χ0) is 11.7. The summed E-state index contributed by atoms with van der Waals surface area (Å²) < 4.78 is 0. The maximum atomic E-state index is 8.50. The quantitative estimate of drug-likeness (QED) is 0.281. The fourth-order valence-corrected chi connectivity index (χ4v) is 1.57. The number of nitrogens with zero attached hydrogens (tertiary/aromatic N) is 2. The number of nitrogens with two attached hydrogens (primary N) is 1. The molecule has 0 heterocycles. The molecular weight excluding hydrogens is 190 g/mol. The Morgan fingerprint density at radius 1 is 1.40 bits per heavy atom. The Morgan fingerprint density at radius 2 is 2.07 bits per heavy atom. The summed E-state index contributed by atoms with van der Waals surface area (Å²) in [5.41, 5.74) is 5.49. The van der Waals surface area contributed by atoms with Gasteiger partial charge < -0.3 is 10.9 Å². The van der Waals surface area contributed by atoms with E-state index in [1.165, 1.54) is 12.8 Å². The van der Waals surface area contributed by atoms with Crippen LogP contribution in [-0.4, -0.2) is 35.6 Å². The molecule has 0 aromatic carbocycles. The van der Waals surface area contributed by atoms with Crippen LogP contribution in [0.2, 0.25) is 0 Å². The lowest BCUT2D eigenvalue weighted by atomic mass is 10.1. The largest absolute Gasteiger partial charge is 0.409 e. The molecule has 4 heteroatoms. The molecule has 90 valence electrons. The van der Waals surface area contributed by atoms with Gasteiger partial charge in [-0.05, 0) is 38.3 Å². The lowest BCUT2D eigenvalue weighted by Crippen LogP contribution is -2.35. The minimum Gasteiger partial charge on any atom is -0.409 e. The van der Waals surface area contributed by atoms with Crippen LogP contribution < -0.4 is 5.73 Å². The molecule has 0 aliphatic rings. The second kappa shape index (κ2) is 8.53. The van der Waals surface area contributed by atoms with E-state index in [-0.39, 0.29) is 0 Å². The molecule has 15 heavy (non-hydrogen) atoms. The summed E-state index contributed by atoms with van der Waals surface area (Å²) >= 11 is 0. The van der Waals surface area contributed by atoms with Gasteiger partial charge in [-0.15, -0.1) is 0 Å². The lowest BCUT2D eigenvalue weighted by molar-refractivity contribution is 0.283. The third-order valence-corrected chi connectivity index (χ3v) is 2.31. The fourth-order valence-electron chi connectivity index (χ4n) is 1.57. The molecule has 3 N–H and O–H groups in total. The van der Waals surface area contributed by atoms with Crippen LogP contribution in [0.4, 0.5) is 0 Å². The Hall–Kier alpha value is -0.770. The van der Waals surface area contributed by atoms with Crippen molar-refractivity contribution >= 4 is 5.84 Å². The molecule has 4 nitrogen and oxygen atoms in total. The van der Waals surface area contributed by atoms with Crippen molar-refractivity contribution < 1.29 is 5.21 Å². The van der Waals surface area contributed by atoms with Gasteiger partial charge in [0, 0.05) is 0 Å². The minimum atomic E-state index is 0.299. The van der Waals surface area contributed by atoms with E-state index < -0.39 is 0 Å². The summed E-state index contributed by atoms with van der Waals surface area (Å²) in [7, 11) is 0. The molecule has 0 bridgehead atoms. The van der Waals surface area contributed by atoms with Crippen molar-refractivity contribution in [2.24, 2.45) is 16.8 Å². The fraction of sp³-hybridized carbons (Fsp3) is 0.909. The second-order valence-corrected chi connectivity index (χ2v) is 4.40. The van der Waals surface area contributed by atoms with Crippen LogP contribution in [0.25, 0.3) is 0 Å². The summed E-state index contributed by atoms with van der Waals surface area (Å²) in [5, 5.41) is 11.5. The van der Waals surface area contributed by atoms with E-state index in [4.69, 9.17) is 10.9 Å². The molecule has 0 fully saturated rings. The van der Waals surface area contributed by atoms with Gasteiger partial charge in [-0.25, -0.2) is 0 Å². The Morgan fingerprint density at radius 3 is 2.53 bits per heavy atom. The molecule has 0 aromatic heterocycles. The van der Waals surface area contributed by atoms with E-state index in [9.17, 15) is 0 Å². The smallest absolute Gasteiger partial charge is 0.153 e. The lowest BCUT2D eigenvalue weighted by Gasteiger charge is -2.21. The first kappa shape index (κ1) is 14.2. The molecule has 0 atom stereocenters. The van der Waals surface area contributed by atoms with Crippen molar-refractivity contribution in [2.45, 2.75) is 40.0 Å². The zero-order valence-electron chi connectivity index (χ0n) is 10.2. The summed E-state index contributed by atoms with van der Waals surface area (Å²) in [4.78, 5) is 2.23. The van der Waals surface area contributed by atoms with Gasteiger partial charge in [-0.3, -0.25) is 4.90 Å². The van der Waals surface area contributed by atoms with Crippen LogP contribution >= 0.6 is 0 Å². The van der Waals surface area contributed by atoms with E-state index in [0.29, 0.717) is 12.4 Å². The molecule has 0 aliphatic heterocycles. The number of hydrogen-bond acceptors (Lipinski definition) is 3. The maximum Gasteiger partial charge on any atom is 0.153 e. The molecule has 0 spiro atoms. The summed E-state index contributed by atoms with van der Waals surface area (Å²) in [6.45, 7) is 9.21. The Labute approximate surface area is 93.1 Å². The molecule has 0 aromatic rings. The minimum absolute atomic E-state index is 0.299. The van der Waals surface area contributed by atoms with Crippen molar-refractivity contribution in [1.29, 1.82) is 0 Å². The van der Waals surface area contributed by atoms with Crippen LogP contribution in [0.5, 0.6) is 0 Å². The monoisotopic (exact) mass is 215 g/mol. The van der Waals surface area contributed by atoms with Crippen LogP contribution in [0.3, 0.4) is 0 Å². The summed E-state index contributed by atoms with van der Waals surface area (Å²) in [6.07, 6.45) is 3.51. The first-order valence-corrected chi connectivity index (χ1v) is 5.78.